The number of halogens is 1. The van der Waals surface area contributed by atoms with E-state index < -0.39 is 5.97 Å². The van der Waals surface area contributed by atoms with Crippen LogP contribution < -0.4 is 0 Å². The van der Waals surface area contributed by atoms with Crippen LogP contribution in [0.3, 0.4) is 0 Å². The largest absolute Gasteiger partial charge is 0.481 e. The maximum Gasteiger partial charge on any atom is 0.306 e. The Kier molecular flexibility index (Phi) is 1.43. The van der Waals surface area contributed by atoms with Crippen LogP contribution in [0, 0.1) is 11.8 Å². The third-order valence-electron chi connectivity index (χ3n) is 1.44. The average Bonchev–Trinajstić information content (AvgIpc) is 2.42. The van der Waals surface area contributed by atoms with E-state index in [1.165, 1.54) is 0 Å². The molecule has 0 amide bonds. The third kappa shape index (κ3) is 0.944. The second kappa shape index (κ2) is 1.94. The van der Waals surface area contributed by atoms with Crippen LogP contribution in [-0.4, -0.2) is 17.0 Å². The molecule has 0 aromatic heterocycles. The van der Waals surface area contributed by atoms with Crippen LogP contribution in [0.15, 0.2) is 0 Å². The van der Waals surface area contributed by atoms with E-state index in [1.54, 1.807) is 0 Å². The number of carboxylic acids is 1. The number of rotatable bonds is 2. The Balaban J connectivity index is 2.26. The predicted molar refractivity (Wildman–Crippen MR) is 30.0 cm³/mol. The molecule has 1 N–H and O–H groups in total. The van der Waals surface area contributed by atoms with Crippen molar-refractivity contribution in [1.29, 1.82) is 0 Å². The van der Waals surface area contributed by atoms with Gasteiger partial charge in [-0.25, -0.2) is 0 Å². The monoisotopic (exact) mass is 134 g/mol. The maximum atomic E-state index is 10.1. The molecular formula is C5H7ClO2. The second-order valence-corrected chi connectivity index (χ2v) is 2.40. The van der Waals surface area contributed by atoms with Gasteiger partial charge in [-0.1, -0.05) is 0 Å². The summed E-state index contributed by atoms with van der Waals surface area (Å²) in [5.74, 6) is -0.0749. The number of carbonyl (C=O) groups is 1. The Bertz CT molecular complexity index is 113. The zero-order valence-electron chi connectivity index (χ0n) is 4.30. The molecule has 0 aromatic rings. The van der Waals surface area contributed by atoms with Crippen molar-refractivity contribution in [2.75, 3.05) is 5.88 Å². The van der Waals surface area contributed by atoms with Gasteiger partial charge in [0.1, 0.15) is 0 Å². The molecule has 2 atom stereocenters. The molecule has 2 nitrogen and oxygen atoms in total. The fourth-order valence-corrected chi connectivity index (χ4v) is 1.06. The lowest BCUT2D eigenvalue weighted by Gasteiger charge is -1.83. The summed E-state index contributed by atoms with van der Waals surface area (Å²) in [4.78, 5) is 10.1. The normalized spacial score (nSPS) is 34.6. The fraction of sp³-hybridized carbons (Fsp3) is 0.800. The van der Waals surface area contributed by atoms with Crippen LogP contribution in [0.2, 0.25) is 0 Å². The van der Waals surface area contributed by atoms with E-state index in [0.717, 1.165) is 6.42 Å². The van der Waals surface area contributed by atoms with Gasteiger partial charge in [-0.15, -0.1) is 11.6 Å². The molecule has 0 aliphatic heterocycles. The smallest absolute Gasteiger partial charge is 0.306 e. The highest BCUT2D eigenvalue weighted by atomic mass is 35.5. The van der Waals surface area contributed by atoms with Gasteiger partial charge in [-0.05, 0) is 12.3 Å². The molecule has 1 rings (SSSR count). The van der Waals surface area contributed by atoms with Crippen LogP contribution >= 0.6 is 11.6 Å². The summed E-state index contributed by atoms with van der Waals surface area (Å²) in [6.45, 7) is 0. The first-order chi connectivity index (χ1) is 3.75. The molecule has 0 heterocycles. The Morgan fingerprint density at radius 1 is 1.88 bits per heavy atom. The van der Waals surface area contributed by atoms with Gasteiger partial charge in [0.2, 0.25) is 0 Å². The van der Waals surface area contributed by atoms with E-state index >= 15 is 0 Å². The molecule has 1 aliphatic rings. The van der Waals surface area contributed by atoms with E-state index in [1.807, 2.05) is 0 Å². The lowest BCUT2D eigenvalue weighted by atomic mass is 10.3. The van der Waals surface area contributed by atoms with Crippen molar-refractivity contribution < 1.29 is 9.90 Å². The lowest BCUT2D eigenvalue weighted by molar-refractivity contribution is -0.138. The molecule has 46 valence electrons. The predicted octanol–water partition coefficient (Wildman–Crippen LogP) is 0.946. The summed E-state index contributed by atoms with van der Waals surface area (Å²) in [5.41, 5.74) is 0. The minimum absolute atomic E-state index is 0.132. The van der Waals surface area contributed by atoms with E-state index in [0.29, 0.717) is 5.88 Å². The van der Waals surface area contributed by atoms with Crippen molar-refractivity contribution in [3.63, 3.8) is 0 Å². The van der Waals surface area contributed by atoms with Crippen LogP contribution in [0.1, 0.15) is 6.42 Å². The topological polar surface area (TPSA) is 37.3 Å². The molecular weight excluding hydrogens is 128 g/mol. The van der Waals surface area contributed by atoms with Crippen molar-refractivity contribution in [1.82, 2.24) is 0 Å². The molecule has 0 saturated heterocycles. The van der Waals surface area contributed by atoms with E-state index in [-0.39, 0.29) is 11.8 Å². The summed E-state index contributed by atoms with van der Waals surface area (Å²) in [6.07, 6.45) is 0.777. The first-order valence-electron chi connectivity index (χ1n) is 2.54. The van der Waals surface area contributed by atoms with Crippen molar-refractivity contribution in [3.05, 3.63) is 0 Å². The molecule has 0 spiro atoms. The number of hydrogen-bond donors (Lipinski definition) is 1. The Morgan fingerprint density at radius 3 is 2.62 bits per heavy atom. The van der Waals surface area contributed by atoms with E-state index in [2.05, 4.69) is 0 Å². The first kappa shape index (κ1) is 5.89. The van der Waals surface area contributed by atoms with Crippen LogP contribution in [0.25, 0.3) is 0 Å². The zero-order chi connectivity index (χ0) is 6.15. The quantitative estimate of drug-likeness (QED) is 0.571. The van der Waals surface area contributed by atoms with Crippen molar-refractivity contribution in [2.45, 2.75) is 6.42 Å². The number of aliphatic carboxylic acids is 1. The van der Waals surface area contributed by atoms with Gasteiger partial charge < -0.3 is 5.11 Å². The van der Waals surface area contributed by atoms with E-state index in [9.17, 15) is 4.79 Å². The Morgan fingerprint density at radius 2 is 2.50 bits per heavy atom. The van der Waals surface area contributed by atoms with Gasteiger partial charge in [0.25, 0.3) is 0 Å². The molecule has 1 saturated carbocycles. The summed E-state index contributed by atoms with van der Waals surface area (Å²) in [6, 6.07) is 0. The third-order valence-corrected chi connectivity index (χ3v) is 1.83. The second-order valence-electron chi connectivity index (χ2n) is 2.09. The molecule has 0 aromatic carbocycles. The standard InChI is InChI=1S/C5H7ClO2/c6-2-3-1-4(3)5(7)8/h3-4H,1-2H2,(H,7,8)/t3-,4+/m1/s1. The maximum absolute atomic E-state index is 10.1. The molecule has 3 heteroatoms. The lowest BCUT2D eigenvalue weighted by Crippen LogP contribution is -1.99. The Hall–Kier alpha value is -0.240. The van der Waals surface area contributed by atoms with Crippen molar-refractivity contribution in [3.8, 4) is 0 Å². The van der Waals surface area contributed by atoms with Crippen LogP contribution in [0.4, 0.5) is 0 Å². The molecule has 0 bridgehead atoms. The molecule has 0 radical (unpaired) electrons. The van der Waals surface area contributed by atoms with Crippen LogP contribution in [-0.2, 0) is 4.79 Å². The van der Waals surface area contributed by atoms with Gasteiger partial charge in [0, 0.05) is 5.88 Å². The number of carboxylic acid groups (broad SMARTS) is 1. The van der Waals surface area contributed by atoms with Gasteiger partial charge in [-0.3, -0.25) is 4.79 Å². The highest BCUT2D eigenvalue weighted by molar-refractivity contribution is 6.18. The van der Waals surface area contributed by atoms with Gasteiger partial charge in [0.05, 0.1) is 5.92 Å². The Labute approximate surface area is 52.5 Å². The van der Waals surface area contributed by atoms with Crippen LogP contribution in [0.5, 0.6) is 0 Å². The van der Waals surface area contributed by atoms with E-state index in [4.69, 9.17) is 16.7 Å². The average molecular weight is 135 g/mol. The highest BCUT2D eigenvalue weighted by Crippen LogP contribution is 2.39. The van der Waals surface area contributed by atoms with Crippen molar-refractivity contribution >= 4 is 17.6 Å². The van der Waals surface area contributed by atoms with Gasteiger partial charge >= 0.3 is 5.97 Å². The summed E-state index contributed by atoms with van der Waals surface area (Å²) >= 11 is 5.37. The van der Waals surface area contributed by atoms with Gasteiger partial charge in [0.15, 0.2) is 0 Å². The van der Waals surface area contributed by atoms with Gasteiger partial charge in [-0.2, -0.15) is 0 Å². The summed E-state index contributed by atoms with van der Waals surface area (Å²) in [5, 5.41) is 8.30. The SMILES string of the molecule is O=C(O)[C@H]1C[C@@H]1CCl. The summed E-state index contributed by atoms with van der Waals surface area (Å²) < 4.78 is 0. The fourth-order valence-electron chi connectivity index (χ4n) is 0.721. The minimum Gasteiger partial charge on any atom is -0.481 e. The minimum atomic E-state index is -0.698. The molecule has 0 unspecified atom stereocenters. The number of alkyl halides is 1. The first-order valence-corrected chi connectivity index (χ1v) is 3.08. The number of hydrogen-bond acceptors (Lipinski definition) is 1. The molecule has 1 aliphatic carbocycles. The highest BCUT2D eigenvalue weighted by Gasteiger charge is 2.42. The molecule has 1 fully saturated rings. The van der Waals surface area contributed by atoms with Crippen molar-refractivity contribution in [2.24, 2.45) is 11.8 Å². The zero-order valence-corrected chi connectivity index (χ0v) is 5.06. The summed E-state index contributed by atoms with van der Waals surface area (Å²) in [7, 11) is 0. The molecule has 8 heavy (non-hydrogen) atoms.